The fourth-order valence-corrected chi connectivity index (χ4v) is 2.00. The smallest absolute Gasteiger partial charge is 0.0463 e. The van der Waals surface area contributed by atoms with E-state index in [1.54, 1.807) is 0 Å². The number of rotatable bonds is 0. The van der Waals surface area contributed by atoms with Crippen LogP contribution in [-0.4, -0.2) is 10.2 Å². The maximum Gasteiger partial charge on any atom is 0.0463 e. The van der Waals surface area contributed by atoms with Gasteiger partial charge < -0.3 is 0 Å². The molecule has 0 aliphatic heterocycles. The molecule has 0 saturated heterocycles. The molecule has 0 aromatic heterocycles. The molecule has 0 amide bonds. The molecular weight excluding hydrogens is 211 g/mol. The van der Waals surface area contributed by atoms with Crippen LogP contribution in [0, 0.1) is 5.92 Å². The molecule has 1 rings (SSSR count). The number of halogens is 2. The Labute approximate surface area is 77.5 Å². The third-order valence-electron chi connectivity index (χ3n) is 1.79. The van der Waals surface area contributed by atoms with Gasteiger partial charge in [-0.25, -0.2) is 0 Å². The maximum absolute atomic E-state index is 5.91. The van der Waals surface area contributed by atoms with Crippen molar-refractivity contribution in [3.63, 3.8) is 0 Å². The molecule has 10 heavy (non-hydrogen) atoms. The third-order valence-corrected chi connectivity index (χ3v) is 4.12. The molecular formula is C8H16BrCl. The molecule has 0 nitrogen and oxygen atoms in total. The summed E-state index contributed by atoms with van der Waals surface area (Å²) in [5.74, 6) is 0.775. The van der Waals surface area contributed by atoms with E-state index in [9.17, 15) is 0 Å². The van der Waals surface area contributed by atoms with Crippen LogP contribution in [0.2, 0.25) is 0 Å². The molecule has 1 aliphatic carbocycles. The Morgan fingerprint density at radius 1 is 1.30 bits per heavy atom. The van der Waals surface area contributed by atoms with E-state index in [2.05, 4.69) is 22.9 Å². The molecule has 3 atom stereocenters. The maximum atomic E-state index is 5.91. The van der Waals surface area contributed by atoms with Crippen molar-refractivity contribution in [3.05, 3.63) is 0 Å². The third kappa shape index (κ3) is 2.79. The van der Waals surface area contributed by atoms with E-state index in [4.69, 9.17) is 11.6 Å². The minimum absolute atomic E-state index is 0.380. The predicted molar refractivity (Wildman–Crippen MR) is 52.1 cm³/mol. The predicted octanol–water partition coefficient (Wildman–Crippen LogP) is 3.81. The van der Waals surface area contributed by atoms with Crippen LogP contribution in [-0.2, 0) is 0 Å². The largest absolute Gasteiger partial charge is 0.122 e. The van der Waals surface area contributed by atoms with Gasteiger partial charge in [0.25, 0.3) is 0 Å². The molecule has 0 heterocycles. The average molecular weight is 228 g/mol. The zero-order valence-electron chi connectivity index (χ0n) is 6.90. The van der Waals surface area contributed by atoms with E-state index in [1.807, 2.05) is 13.8 Å². The van der Waals surface area contributed by atoms with Crippen molar-refractivity contribution in [2.75, 3.05) is 0 Å². The molecule has 1 fully saturated rings. The van der Waals surface area contributed by atoms with Crippen molar-refractivity contribution < 1.29 is 0 Å². The first kappa shape index (κ1) is 10.8. The standard InChI is InChI=1S/C6H10BrCl.C2H6/c1-4-2-3-5(8)6(4)7;1-2/h4-6H,2-3H2,1H3;1-2H3. The minimum atomic E-state index is 0.380. The van der Waals surface area contributed by atoms with Gasteiger partial charge in [0.05, 0.1) is 0 Å². The first-order valence-corrected chi connectivity index (χ1v) is 5.35. The summed E-state index contributed by atoms with van der Waals surface area (Å²) in [5, 5.41) is 0.380. The Kier molecular flexibility index (Phi) is 5.84. The van der Waals surface area contributed by atoms with E-state index in [-0.39, 0.29) is 0 Å². The van der Waals surface area contributed by atoms with Crippen molar-refractivity contribution in [2.24, 2.45) is 5.92 Å². The van der Waals surface area contributed by atoms with Crippen molar-refractivity contribution in [1.29, 1.82) is 0 Å². The summed E-state index contributed by atoms with van der Waals surface area (Å²) in [4.78, 5) is 0.559. The van der Waals surface area contributed by atoms with Crippen LogP contribution < -0.4 is 0 Å². The van der Waals surface area contributed by atoms with Crippen LogP contribution in [0.15, 0.2) is 0 Å². The van der Waals surface area contributed by atoms with Gasteiger partial charge in [-0.1, -0.05) is 36.7 Å². The summed E-state index contributed by atoms with van der Waals surface area (Å²) in [7, 11) is 0. The van der Waals surface area contributed by atoms with Crippen molar-refractivity contribution in [1.82, 2.24) is 0 Å². The van der Waals surface area contributed by atoms with E-state index in [1.165, 1.54) is 12.8 Å². The van der Waals surface area contributed by atoms with Crippen LogP contribution in [0.3, 0.4) is 0 Å². The van der Waals surface area contributed by atoms with Crippen LogP contribution in [0.1, 0.15) is 33.6 Å². The summed E-state index contributed by atoms with van der Waals surface area (Å²) in [6, 6.07) is 0. The molecule has 0 bridgehead atoms. The van der Waals surface area contributed by atoms with E-state index in [0.717, 1.165) is 5.92 Å². The van der Waals surface area contributed by atoms with Crippen LogP contribution in [0.4, 0.5) is 0 Å². The highest BCUT2D eigenvalue weighted by Crippen LogP contribution is 2.34. The normalized spacial score (nSPS) is 38.7. The lowest BCUT2D eigenvalue weighted by molar-refractivity contribution is 0.631. The second-order valence-electron chi connectivity index (χ2n) is 2.52. The van der Waals surface area contributed by atoms with Crippen molar-refractivity contribution in [3.8, 4) is 0 Å². The Morgan fingerprint density at radius 2 is 1.80 bits per heavy atom. The summed E-state index contributed by atoms with van der Waals surface area (Å²) < 4.78 is 0. The average Bonchev–Trinajstić information content (AvgIpc) is 2.25. The fraction of sp³-hybridized carbons (Fsp3) is 1.00. The Bertz CT molecular complexity index is 75.3. The van der Waals surface area contributed by atoms with Gasteiger partial charge in [-0.05, 0) is 18.8 Å². The highest BCUT2D eigenvalue weighted by molar-refractivity contribution is 9.09. The molecule has 0 aromatic carbocycles. The van der Waals surface area contributed by atoms with E-state index in [0.29, 0.717) is 10.2 Å². The summed E-state index contributed by atoms with van der Waals surface area (Å²) in [6.07, 6.45) is 2.46. The van der Waals surface area contributed by atoms with Crippen LogP contribution in [0.5, 0.6) is 0 Å². The van der Waals surface area contributed by atoms with E-state index < -0.39 is 0 Å². The Hall–Kier alpha value is 0.770. The Morgan fingerprint density at radius 3 is 1.90 bits per heavy atom. The van der Waals surface area contributed by atoms with Crippen LogP contribution in [0.25, 0.3) is 0 Å². The van der Waals surface area contributed by atoms with Crippen molar-refractivity contribution in [2.45, 2.75) is 43.8 Å². The Balaban J connectivity index is 0.000000371. The zero-order chi connectivity index (χ0) is 8.15. The quantitative estimate of drug-likeness (QED) is 0.552. The van der Waals surface area contributed by atoms with Crippen molar-refractivity contribution >= 4 is 27.5 Å². The lowest BCUT2D eigenvalue weighted by Crippen LogP contribution is -2.10. The second-order valence-corrected chi connectivity index (χ2v) is 4.13. The second kappa shape index (κ2) is 5.42. The SMILES string of the molecule is CC.CC1CCC(Cl)C1Br. The first-order chi connectivity index (χ1) is 4.72. The summed E-state index contributed by atoms with van der Waals surface area (Å²) >= 11 is 9.45. The number of hydrogen-bond donors (Lipinski definition) is 0. The number of hydrogen-bond acceptors (Lipinski definition) is 0. The van der Waals surface area contributed by atoms with E-state index >= 15 is 0 Å². The van der Waals surface area contributed by atoms with Gasteiger partial charge in [0, 0.05) is 10.2 Å². The highest BCUT2D eigenvalue weighted by Gasteiger charge is 2.29. The fourth-order valence-electron chi connectivity index (χ4n) is 1.10. The molecule has 1 aliphatic rings. The van der Waals surface area contributed by atoms with Gasteiger partial charge in [-0.2, -0.15) is 0 Å². The molecule has 0 N–H and O–H groups in total. The minimum Gasteiger partial charge on any atom is -0.122 e. The monoisotopic (exact) mass is 226 g/mol. The molecule has 2 heteroatoms. The lowest BCUT2D eigenvalue weighted by atomic mass is 10.1. The van der Waals surface area contributed by atoms with Gasteiger partial charge in [0.15, 0.2) is 0 Å². The summed E-state index contributed by atoms with van der Waals surface area (Å²) in [5.41, 5.74) is 0. The van der Waals surface area contributed by atoms with Gasteiger partial charge in [-0.15, -0.1) is 11.6 Å². The first-order valence-electron chi connectivity index (χ1n) is 4.00. The topological polar surface area (TPSA) is 0 Å². The van der Waals surface area contributed by atoms with Gasteiger partial charge in [-0.3, -0.25) is 0 Å². The zero-order valence-corrected chi connectivity index (χ0v) is 9.24. The molecule has 3 unspecified atom stereocenters. The summed E-state index contributed by atoms with van der Waals surface area (Å²) in [6.45, 7) is 6.24. The molecule has 0 aromatic rings. The molecule has 0 spiro atoms. The highest BCUT2D eigenvalue weighted by atomic mass is 79.9. The molecule has 0 radical (unpaired) electrons. The number of alkyl halides is 2. The molecule has 62 valence electrons. The van der Waals surface area contributed by atoms with Gasteiger partial charge >= 0.3 is 0 Å². The van der Waals surface area contributed by atoms with Crippen LogP contribution >= 0.6 is 27.5 Å². The van der Waals surface area contributed by atoms with Gasteiger partial charge in [0.1, 0.15) is 0 Å². The lowest BCUT2D eigenvalue weighted by Gasteiger charge is -2.07. The van der Waals surface area contributed by atoms with Gasteiger partial charge in [0.2, 0.25) is 0 Å². The molecule has 1 saturated carbocycles.